The molecule has 1 atom stereocenters. The summed E-state index contributed by atoms with van der Waals surface area (Å²) in [4.78, 5) is 40.7. The summed E-state index contributed by atoms with van der Waals surface area (Å²) >= 11 is 0. The molecule has 1 aliphatic rings. The van der Waals surface area contributed by atoms with Crippen LogP contribution < -0.4 is 20.3 Å². The molecule has 0 saturated heterocycles. The smallest absolute Gasteiger partial charge is 0.261 e. The Kier molecular flexibility index (Phi) is 5.14. The molecule has 4 rings (SSSR count). The normalized spacial score (nSPS) is 15.4. The minimum atomic E-state index is -0.636. The zero-order chi connectivity index (χ0) is 21.3. The van der Waals surface area contributed by atoms with Crippen LogP contribution in [-0.4, -0.2) is 30.9 Å². The van der Waals surface area contributed by atoms with Gasteiger partial charge in [0.15, 0.2) is 5.78 Å². The Morgan fingerprint density at radius 1 is 1.13 bits per heavy atom. The molecule has 0 unspecified atom stereocenters. The molecule has 0 spiro atoms. The zero-order valence-electron chi connectivity index (χ0n) is 16.5. The van der Waals surface area contributed by atoms with Gasteiger partial charge in [-0.15, -0.1) is 0 Å². The number of benzene rings is 1. The molecule has 0 aliphatic heterocycles. The molecule has 2 N–H and O–H groups in total. The topological polar surface area (TPSA) is 111 Å². The molecule has 8 nitrogen and oxygen atoms in total. The number of hydrogen-bond acceptors (Lipinski definition) is 6. The molecule has 1 aliphatic carbocycles. The van der Waals surface area contributed by atoms with Crippen LogP contribution in [0, 0.1) is 0 Å². The van der Waals surface area contributed by atoms with Crippen molar-refractivity contribution >= 4 is 17.4 Å². The van der Waals surface area contributed by atoms with Crippen LogP contribution in [0.25, 0.3) is 0 Å². The number of H-pyrrole nitrogens is 1. The zero-order valence-corrected chi connectivity index (χ0v) is 16.5. The van der Waals surface area contributed by atoms with Gasteiger partial charge in [-0.25, -0.2) is 0 Å². The molecule has 30 heavy (non-hydrogen) atoms. The highest BCUT2D eigenvalue weighted by atomic mass is 16.5. The second-order valence-corrected chi connectivity index (χ2v) is 6.97. The molecular weight excluding hydrogens is 388 g/mol. The Morgan fingerprint density at radius 2 is 1.97 bits per heavy atom. The van der Waals surface area contributed by atoms with Crippen molar-refractivity contribution in [1.82, 2.24) is 4.98 Å². The van der Waals surface area contributed by atoms with Crippen LogP contribution in [0.2, 0.25) is 0 Å². The number of aromatic nitrogens is 1. The maximum Gasteiger partial charge on any atom is 0.261 e. The molecule has 3 aromatic rings. The lowest BCUT2D eigenvalue weighted by atomic mass is 9.84. The van der Waals surface area contributed by atoms with Gasteiger partial charge in [0.1, 0.15) is 22.8 Å². The number of methoxy groups -OCH3 is 2. The number of nitrogens with one attached hydrogen (secondary N) is 2. The first kappa shape index (κ1) is 19.5. The van der Waals surface area contributed by atoms with Crippen molar-refractivity contribution in [1.29, 1.82) is 0 Å². The van der Waals surface area contributed by atoms with Crippen LogP contribution in [0.15, 0.2) is 51.9 Å². The lowest BCUT2D eigenvalue weighted by molar-refractivity contribution is 0.0959. The number of ether oxygens (including phenoxy) is 2. The van der Waals surface area contributed by atoms with E-state index in [1.54, 1.807) is 30.5 Å². The van der Waals surface area contributed by atoms with E-state index in [0.29, 0.717) is 40.6 Å². The van der Waals surface area contributed by atoms with E-state index < -0.39 is 11.5 Å². The summed E-state index contributed by atoms with van der Waals surface area (Å²) in [5.74, 6) is 0.721. The average Bonchev–Trinajstić information content (AvgIpc) is 3.28. The third-order valence-corrected chi connectivity index (χ3v) is 5.15. The number of anilines is 1. The van der Waals surface area contributed by atoms with Crippen molar-refractivity contribution in [3.8, 4) is 11.5 Å². The third kappa shape index (κ3) is 3.59. The second-order valence-electron chi connectivity index (χ2n) is 6.97. The number of hydrogen-bond donors (Lipinski definition) is 2. The summed E-state index contributed by atoms with van der Waals surface area (Å²) < 4.78 is 15.8. The van der Waals surface area contributed by atoms with Crippen LogP contribution >= 0.6 is 0 Å². The third-order valence-electron chi connectivity index (χ3n) is 5.15. The second kappa shape index (κ2) is 7.90. The molecule has 154 valence electrons. The number of aromatic amines is 1. The minimum Gasteiger partial charge on any atom is -0.497 e. The highest BCUT2D eigenvalue weighted by Gasteiger charge is 2.30. The summed E-state index contributed by atoms with van der Waals surface area (Å²) in [5.41, 5.74) is 0.535. The Hall–Kier alpha value is -3.81. The predicted octanol–water partition coefficient (Wildman–Crippen LogP) is 3.15. The maximum absolute atomic E-state index is 12.8. The van der Waals surface area contributed by atoms with Crippen LogP contribution in [0.4, 0.5) is 5.69 Å². The predicted molar refractivity (Wildman–Crippen MR) is 109 cm³/mol. The monoisotopic (exact) mass is 408 g/mol. The van der Waals surface area contributed by atoms with Crippen LogP contribution in [0.5, 0.6) is 11.5 Å². The number of carbonyl (C=O) groups is 2. The number of ketones is 1. The average molecular weight is 408 g/mol. The molecular formula is C22H20N2O6. The lowest BCUT2D eigenvalue weighted by Crippen LogP contribution is -2.29. The van der Waals surface area contributed by atoms with Gasteiger partial charge in [0, 0.05) is 29.7 Å². The summed E-state index contributed by atoms with van der Waals surface area (Å²) in [6, 6.07) is 9.82. The van der Waals surface area contributed by atoms with E-state index in [4.69, 9.17) is 13.9 Å². The van der Waals surface area contributed by atoms with Gasteiger partial charge in [-0.3, -0.25) is 14.4 Å². The van der Waals surface area contributed by atoms with E-state index in [9.17, 15) is 14.4 Å². The molecule has 2 heterocycles. The highest BCUT2D eigenvalue weighted by molar-refractivity contribution is 6.07. The number of carbonyl (C=O) groups excluding carboxylic acids is 2. The number of furan rings is 1. The number of fused-ring (bicyclic) bond motifs is 1. The number of amides is 1. The number of pyridine rings is 1. The fourth-order valence-corrected chi connectivity index (χ4v) is 3.62. The van der Waals surface area contributed by atoms with Crippen molar-refractivity contribution in [3.05, 3.63) is 75.6 Å². The van der Waals surface area contributed by atoms with Crippen molar-refractivity contribution in [3.63, 3.8) is 0 Å². The van der Waals surface area contributed by atoms with E-state index in [2.05, 4.69) is 10.3 Å². The first-order chi connectivity index (χ1) is 14.5. The van der Waals surface area contributed by atoms with E-state index in [-0.39, 0.29) is 23.7 Å². The standard InChI is InChI=1S/C22H20N2O6/c1-28-13-5-6-16(20(10-13)29-2)23-21(26)15-11-14-17(24-22(15)27)8-12(9-18(14)25)19-4-3-7-30-19/h3-7,10-12H,8-9H2,1-2H3,(H,23,26)(H,24,27)/t12-/m0/s1. The van der Waals surface area contributed by atoms with Crippen LogP contribution in [-0.2, 0) is 6.42 Å². The Morgan fingerprint density at radius 3 is 2.67 bits per heavy atom. The van der Waals surface area contributed by atoms with Crippen LogP contribution in [0.3, 0.4) is 0 Å². The fourth-order valence-electron chi connectivity index (χ4n) is 3.62. The largest absolute Gasteiger partial charge is 0.497 e. The van der Waals surface area contributed by atoms with Gasteiger partial charge in [-0.1, -0.05) is 0 Å². The van der Waals surface area contributed by atoms with Crippen LogP contribution in [0.1, 0.15) is 44.5 Å². The minimum absolute atomic E-state index is 0.140. The van der Waals surface area contributed by atoms with Gasteiger partial charge in [0.25, 0.3) is 11.5 Å². The van der Waals surface area contributed by atoms with Crippen molar-refractivity contribution in [2.75, 3.05) is 19.5 Å². The fraction of sp³-hybridized carbons (Fsp3) is 0.227. The summed E-state index contributed by atoms with van der Waals surface area (Å²) in [5, 5.41) is 2.66. The van der Waals surface area contributed by atoms with Gasteiger partial charge >= 0.3 is 0 Å². The number of rotatable bonds is 5. The summed E-state index contributed by atoms with van der Waals surface area (Å²) in [6.45, 7) is 0. The Balaban J connectivity index is 1.62. The molecule has 2 aromatic heterocycles. The van der Waals surface area contributed by atoms with Crippen molar-refractivity contribution in [2.24, 2.45) is 0 Å². The van der Waals surface area contributed by atoms with Crippen molar-refractivity contribution < 1.29 is 23.5 Å². The molecule has 0 bridgehead atoms. The molecule has 0 fully saturated rings. The summed E-state index contributed by atoms with van der Waals surface area (Å²) in [7, 11) is 2.98. The van der Waals surface area contributed by atoms with E-state index >= 15 is 0 Å². The van der Waals surface area contributed by atoms with Gasteiger partial charge in [-0.05, 0) is 36.8 Å². The first-order valence-corrected chi connectivity index (χ1v) is 9.36. The van der Waals surface area contributed by atoms with Gasteiger partial charge < -0.3 is 24.2 Å². The highest BCUT2D eigenvalue weighted by Crippen LogP contribution is 2.32. The molecule has 0 radical (unpaired) electrons. The van der Waals surface area contributed by atoms with Gasteiger partial charge in [-0.2, -0.15) is 0 Å². The Labute approximate surface area is 171 Å². The quantitative estimate of drug-likeness (QED) is 0.671. The lowest BCUT2D eigenvalue weighted by Gasteiger charge is -2.22. The summed E-state index contributed by atoms with van der Waals surface area (Å²) in [6.07, 6.45) is 2.26. The van der Waals surface area contributed by atoms with Gasteiger partial charge in [0.2, 0.25) is 0 Å². The maximum atomic E-state index is 12.8. The number of Topliss-reactive ketones (excluding diaryl/α,β-unsaturated/α-hetero) is 1. The Bertz CT molecular complexity index is 1160. The van der Waals surface area contributed by atoms with Crippen molar-refractivity contribution in [2.45, 2.75) is 18.8 Å². The van der Waals surface area contributed by atoms with E-state index in [1.165, 1.54) is 20.3 Å². The molecule has 1 aromatic carbocycles. The molecule has 1 amide bonds. The molecule has 8 heteroatoms. The van der Waals surface area contributed by atoms with Gasteiger partial charge in [0.05, 0.1) is 26.2 Å². The van der Waals surface area contributed by atoms with E-state index in [0.717, 1.165) is 0 Å². The SMILES string of the molecule is COc1ccc(NC(=O)c2cc3c([nH]c2=O)C[C@H](c2ccco2)CC3=O)c(OC)c1. The molecule has 0 saturated carbocycles. The first-order valence-electron chi connectivity index (χ1n) is 9.36. The van der Waals surface area contributed by atoms with E-state index in [1.807, 2.05) is 6.07 Å².